The van der Waals surface area contributed by atoms with Crippen LogP contribution in [0.1, 0.15) is 91.1 Å². The van der Waals surface area contributed by atoms with E-state index in [1.54, 1.807) is 18.1 Å². The molecule has 1 saturated heterocycles. The van der Waals surface area contributed by atoms with Crippen molar-refractivity contribution in [2.45, 2.75) is 90.6 Å². The Hall–Kier alpha value is -3.26. The summed E-state index contributed by atoms with van der Waals surface area (Å²) in [7, 11) is 3.91. The van der Waals surface area contributed by atoms with Crippen molar-refractivity contribution in [2.24, 2.45) is 0 Å². The number of esters is 1. The molecule has 1 fully saturated rings. The summed E-state index contributed by atoms with van der Waals surface area (Å²) in [4.78, 5) is 41.6. The quantitative estimate of drug-likeness (QED) is 0.0682. The number of hydrogen-bond donors (Lipinski definition) is 0. The van der Waals surface area contributed by atoms with E-state index in [4.69, 9.17) is 14.2 Å². The molecule has 1 aromatic heterocycles. The monoisotopic (exact) mass is 638 g/mol. The third-order valence-corrected chi connectivity index (χ3v) is 9.18. The maximum atomic E-state index is 13.2. The first-order chi connectivity index (χ1) is 21.2. The van der Waals surface area contributed by atoms with Crippen LogP contribution in [-0.2, 0) is 27.3 Å². The van der Waals surface area contributed by atoms with Crippen LogP contribution in [0, 0.1) is 0 Å². The number of hydrogen-bond acceptors (Lipinski definition) is 7. The highest BCUT2D eigenvalue weighted by Crippen LogP contribution is 2.33. The maximum Gasteiger partial charge on any atom is 0.348 e. The molecule has 1 aliphatic rings. The molecule has 4 rings (SSSR count). The normalized spacial score (nSPS) is 15.7. The summed E-state index contributed by atoms with van der Waals surface area (Å²) >= 11 is 1.41. The second-order valence-corrected chi connectivity index (χ2v) is 12.9. The van der Waals surface area contributed by atoms with Gasteiger partial charge in [-0.05, 0) is 96.4 Å². The molecule has 8 nitrogen and oxygen atoms in total. The molecule has 3 amide bonds. The minimum absolute atomic E-state index is 0.0869. The number of carbonyl (C=O) groups is 3. The summed E-state index contributed by atoms with van der Waals surface area (Å²) in [6.07, 6.45) is 5.84. The molecule has 10 heteroatoms. The highest BCUT2D eigenvalue weighted by molar-refractivity contribution is 7.16. The van der Waals surface area contributed by atoms with Crippen molar-refractivity contribution in [1.29, 1.82) is 0 Å². The summed E-state index contributed by atoms with van der Waals surface area (Å²) in [6.45, 7) is 6.31. The van der Waals surface area contributed by atoms with Gasteiger partial charge in [0.1, 0.15) is 16.7 Å². The van der Waals surface area contributed by atoms with Crippen LogP contribution in [-0.4, -0.2) is 41.8 Å². The second kappa shape index (κ2) is 16.2. The van der Waals surface area contributed by atoms with E-state index in [2.05, 4.69) is 16.3 Å². The maximum absolute atomic E-state index is 13.2. The lowest BCUT2D eigenvalue weighted by molar-refractivity contribution is -0.123. The number of methoxy groups -OCH3 is 1. The third kappa shape index (κ3) is 8.68. The van der Waals surface area contributed by atoms with Gasteiger partial charge in [-0.25, -0.2) is 14.3 Å². The van der Waals surface area contributed by atoms with Crippen LogP contribution in [0.3, 0.4) is 0 Å². The number of benzene rings is 2. The lowest BCUT2D eigenvalue weighted by Gasteiger charge is -2.23. The van der Waals surface area contributed by atoms with Crippen molar-refractivity contribution < 1.29 is 28.6 Å². The molecular weight excluding hydrogens is 595 g/mol. The second-order valence-electron chi connectivity index (χ2n) is 11.2. The first kappa shape index (κ1) is 33.6. The zero-order valence-electron chi connectivity index (χ0n) is 26.0. The van der Waals surface area contributed by atoms with Gasteiger partial charge >= 0.3 is 12.0 Å². The smallest absolute Gasteiger partial charge is 0.348 e. The Kier molecular flexibility index (Phi) is 12.4. The highest BCUT2D eigenvalue weighted by atomic mass is 32.1. The molecule has 1 aliphatic heterocycles. The zero-order valence-corrected chi connectivity index (χ0v) is 28.0. The van der Waals surface area contributed by atoms with E-state index < -0.39 is 6.04 Å². The van der Waals surface area contributed by atoms with Gasteiger partial charge in [-0.3, -0.25) is 9.69 Å². The fourth-order valence-electron chi connectivity index (χ4n) is 5.22. The molecule has 3 atom stereocenters. The molecule has 3 unspecified atom stereocenters. The lowest BCUT2D eigenvalue weighted by Crippen LogP contribution is -2.35. The number of ether oxygens (including phenoxy) is 3. The number of nitrogens with zero attached hydrogens (tertiary/aromatic N) is 2. The number of unbranched alkanes of at least 4 members (excludes halogenated alkanes) is 2. The summed E-state index contributed by atoms with van der Waals surface area (Å²) in [6, 6.07) is 18.5. The van der Waals surface area contributed by atoms with E-state index >= 15 is 0 Å². The number of rotatable bonds is 16. The summed E-state index contributed by atoms with van der Waals surface area (Å²) in [5.74, 6) is 0.252. The van der Waals surface area contributed by atoms with E-state index in [0.29, 0.717) is 36.4 Å². The standard InChI is InChI=1S/C34H43N2O6PS/c1-5-6-7-11-30(41-22-24-12-18-27(40-4)19-13-24)25-14-16-26(17-15-25)35-29(32(37)36(43)34(35)39)10-8-9-28-20-21-31(44-28)33(38)42-23(2)3/h12-21,23,29-30H,5-11,22,43H2,1-4H3. The number of carbonyl (C=O) groups excluding carboxylic acids is 3. The topological polar surface area (TPSA) is 85.4 Å². The summed E-state index contributed by atoms with van der Waals surface area (Å²) < 4.78 is 18.1. The fraction of sp³-hybridized carbons (Fsp3) is 0.441. The first-order valence-electron chi connectivity index (χ1n) is 15.3. The number of anilines is 1. The van der Waals surface area contributed by atoms with Crippen molar-refractivity contribution in [2.75, 3.05) is 12.0 Å². The van der Waals surface area contributed by atoms with Crippen LogP contribution in [0.5, 0.6) is 5.75 Å². The third-order valence-electron chi connectivity index (χ3n) is 7.58. The highest BCUT2D eigenvalue weighted by Gasteiger charge is 2.43. The molecule has 44 heavy (non-hydrogen) atoms. The Labute approximate surface area is 266 Å². The van der Waals surface area contributed by atoms with Gasteiger partial charge in [0, 0.05) is 10.6 Å². The van der Waals surface area contributed by atoms with E-state index in [1.165, 1.54) is 11.3 Å². The largest absolute Gasteiger partial charge is 0.497 e. The summed E-state index contributed by atoms with van der Waals surface area (Å²) in [5.41, 5.74) is 2.79. The zero-order chi connectivity index (χ0) is 31.6. The Morgan fingerprint density at radius 1 is 0.977 bits per heavy atom. The average molecular weight is 639 g/mol. The van der Waals surface area contributed by atoms with Gasteiger partial charge in [0.2, 0.25) is 0 Å². The minimum Gasteiger partial charge on any atom is -0.497 e. The Morgan fingerprint density at radius 2 is 1.70 bits per heavy atom. The van der Waals surface area contributed by atoms with Crippen LogP contribution in [0.4, 0.5) is 10.5 Å². The Bertz CT molecular complexity index is 1390. The van der Waals surface area contributed by atoms with Crippen molar-refractivity contribution >= 4 is 44.3 Å². The van der Waals surface area contributed by atoms with Gasteiger partial charge in [-0.15, -0.1) is 11.3 Å². The number of amides is 3. The van der Waals surface area contributed by atoms with E-state index in [0.717, 1.165) is 52.1 Å². The molecule has 0 saturated carbocycles. The molecule has 0 spiro atoms. The first-order valence-corrected chi connectivity index (χ1v) is 16.6. The number of aryl methyl sites for hydroxylation is 1. The van der Waals surface area contributed by atoms with Crippen LogP contribution in [0.25, 0.3) is 0 Å². The molecule has 2 aromatic carbocycles. The van der Waals surface area contributed by atoms with Crippen molar-refractivity contribution in [3.05, 3.63) is 81.5 Å². The van der Waals surface area contributed by atoms with Crippen LogP contribution in [0.15, 0.2) is 60.7 Å². The molecule has 0 aliphatic carbocycles. The molecule has 2 heterocycles. The molecule has 0 radical (unpaired) electrons. The van der Waals surface area contributed by atoms with Crippen LogP contribution in [0.2, 0.25) is 0 Å². The molecule has 3 aromatic rings. The van der Waals surface area contributed by atoms with Gasteiger partial charge < -0.3 is 14.2 Å². The van der Waals surface area contributed by atoms with Gasteiger partial charge in [-0.2, -0.15) is 0 Å². The predicted octanol–water partition coefficient (Wildman–Crippen LogP) is 8.11. The van der Waals surface area contributed by atoms with Crippen molar-refractivity contribution in [3.63, 3.8) is 0 Å². The van der Waals surface area contributed by atoms with Gasteiger partial charge in [0.05, 0.1) is 25.9 Å². The summed E-state index contributed by atoms with van der Waals surface area (Å²) in [5, 5.41) is 0. The minimum atomic E-state index is -0.595. The van der Waals surface area contributed by atoms with E-state index in [9.17, 15) is 14.4 Å². The van der Waals surface area contributed by atoms with Crippen molar-refractivity contribution in [1.82, 2.24) is 4.67 Å². The molecular formula is C34H43N2O6PS. The average Bonchev–Trinajstić information content (AvgIpc) is 3.58. The predicted molar refractivity (Wildman–Crippen MR) is 177 cm³/mol. The van der Waals surface area contributed by atoms with E-state index in [-0.39, 0.29) is 30.1 Å². The number of urea groups is 1. The number of imide groups is 1. The van der Waals surface area contributed by atoms with Crippen LogP contribution >= 0.6 is 20.7 Å². The molecule has 0 bridgehead atoms. The van der Waals surface area contributed by atoms with Gasteiger partial charge in [0.25, 0.3) is 5.91 Å². The Morgan fingerprint density at radius 3 is 2.36 bits per heavy atom. The molecule has 0 N–H and O–H groups in total. The molecule has 236 valence electrons. The Balaban J connectivity index is 1.42. The fourth-order valence-corrected chi connectivity index (χ4v) is 6.44. The lowest BCUT2D eigenvalue weighted by atomic mass is 10.0. The van der Waals surface area contributed by atoms with Gasteiger partial charge in [0.15, 0.2) is 0 Å². The SMILES string of the molecule is CCCCCC(OCc1ccc(OC)cc1)c1ccc(N2C(=O)N(P)C(=O)C2CCCc2ccc(C(=O)OC(C)C)s2)cc1. The van der Waals surface area contributed by atoms with Crippen molar-refractivity contribution in [3.8, 4) is 5.75 Å². The number of thiophene rings is 1. The van der Waals surface area contributed by atoms with Crippen LogP contribution < -0.4 is 9.64 Å². The van der Waals surface area contributed by atoms with E-state index in [1.807, 2.05) is 68.4 Å². The van der Waals surface area contributed by atoms with Gasteiger partial charge in [-0.1, -0.05) is 50.5 Å².